The number of nitrogens with zero attached hydrogens (tertiary/aromatic N) is 5. The Hall–Kier alpha value is -2.44. The smallest absolute Gasteiger partial charge is 0.250 e. The number of carbonyl (C=O) groups is 1. The molecule has 1 aromatic carbocycles. The zero-order chi connectivity index (χ0) is 14.5. The molecule has 0 bridgehead atoms. The summed E-state index contributed by atoms with van der Waals surface area (Å²) in [5.74, 6) is 1.18. The Bertz CT molecular complexity index is 592. The third-order valence-corrected chi connectivity index (χ3v) is 3.08. The molecule has 0 amide bonds. The highest BCUT2D eigenvalue weighted by Gasteiger charge is 2.14. The number of hydrogen-bond acceptors (Lipinski definition) is 6. The van der Waals surface area contributed by atoms with Gasteiger partial charge in [-0.1, -0.05) is 5.10 Å². The van der Waals surface area contributed by atoms with E-state index in [0.29, 0.717) is 17.3 Å². The van der Waals surface area contributed by atoms with E-state index in [2.05, 4.69) is 15.5 Å². The molecule has 0 aliphatic rings. The van der Waals surface area contributed by atoms with Crippen LogP contribution in [0, 0.1) is 0 Å². The van der Waals surface area contributed by atoms with E-state index in [0.717, 1.165) is 25.1 Å². The van der Waals surface area contributed by atoms with Gasteiger partial charge in [-0.15, -0.1) is 0 Å². The second-order valence-electron chi connectivity index (χ2n) is 4.11. The number of ether oxygens (including phenoxy) is 1. The van der Waals surface area contributed by atoms with Crippen molar-refractivity contribution >= 4 is 12.2 Å². The van der Waals surface area contributed by atoms with Crippen LogP contribution in [0.4, 0.5) is 5.95 Å². The van der Waals surface area contributed by atoms with E-state index >= 15 is 0 Å². The zero-order valence-electron chi connectivity index (χ0n) is 11.8. The Morgan fingerprint density at radius 1 is 1.35 bits per heavy atom. The summed E-state index contributed by atoms with van der Waals surface area (Å²) in [6, 6.07) is 5.25. The first-order valence-corrected chi connectivity index (χ1v) is 6.42. The quantitative estimate of drug-likeness (QED) is 0.740. The van der Waals surface area contributed by atoms with Crippen molar-refractivity contribution in [2.75, 3.05) is 25.1 Å². The lowest BCUT2D eigenvalue weighted by Gasteiger charge is -2.19. The molecule has 0 spiro atoms. The van der Waals surface area contributed by atoms with Crippen LogP contribution in [0.15, 0.2) is 18.2 Å². The van der Waals surface area contributed by atoms with Crippen molar-refractivity contribution in [3.63, 3.8) is 0 Å². The number of methoxy groups -OCH3 is 1. The average molecular weight is 275 g/mol. The maximum atomic E-state index is 11.1. The summed E-state index contributed by atoms with van der Waals surface area (Å²) < 4.78 is 6.74. The number of tetrazole rings is 1. The summed E-state index contributed by atoms with van der Waals surface area (Å²) in [5.41, 5.74) is 1.19. The molecule has 0 fully saturated rings. The van der Waals surface area contributed by atoms with Crippen LogP contribution in [-0.2, 0) is 0 Å². The molecule has 2 aromatic rings. The van der Waals surface area contributed by atoms with Gasteiger partial charge in [-0.3, -0.25) is 4.79 Å². The molecule has 1 aromatic heterocycles. The molecule has 0 saturated heterocycles. The highest BCUT2D eigenvalue weighted by atomic mass is 16.5. The first-order chi connectivity index (χ1) is 9.74. The summed E-state index contributed by atoms with van der Waals surface area (Å²) in [7, 11) is 1.53. The van der Waals surface area contributed by atoms with Gasteiger partial charge >= 0.3 is 0 Å². The van der Waals surface area contributed by atoms with Crippen LogP contribution in [0.5, 0.6) is 5.75 Å². The number of carbonyl (C=O) groups excluding carboxylic acids is 1. The first-order valence-electron chi connectivity index (χ1n) is 6.42. The molecule has 0 aliphatic heterocycles. The Morgan fingerprint density at radius 3 is 2.70 bits per heavy atom. The van der Waals surface area contributed by atoms with Crippen molar-refractivity contribution in [3.8, 4) is 11.4 Å². The molecule has 7 heteroatoms. The van der Waals surface area contributed by atoms with Crippen molar-refractivity contribution in [2.24, 2.45) is 0 Å². The SMILES string of the molecule is CCN(CC)c1nnnn1-c1ccc(OC)c(C=O)c1. The van der Waals surface area contributed by atoms with E-state index in [1.807, 2.05) is 24.8 Å². The fraction of sp³-hybridized carbons (Fsp3) is 0.385. The van der Waals surface area contributed by atoms with Crippen molar-refractivity contribution in [3.05, 3.63) is 23.8 Å². The molecule has 0 aliphatic carbocycles. The molecule has 0 unspecified atom stereocenters. The standard InChI is InChI=1S/C13H17N5O2/c1-4-17(5-2)13-14-15-16-18(13)11-6-7-12(20-3)10(8-11)9-19/h6-9H,4-5H2,1-3H3. The summed E-state index contributed by atoms with van der Waals surface area (Å²) in [6.45, 7) is 5.67. The molecular weight excluding hydrogens is 258 g/mol. The maximum Gasteiger partial charge on any atom is 0.250 e. The third-order valence-electron chi connectivity index (χ3n) is 3.08. The normalized spacial score (nSPS) is 10.3. The van der Waals surface area contributed by atoms with Crippen molar-refractivity contribution < 1.29 is 9.53 Å². The van der Waals surface area contributed by atoms with Crippen LogP contribution in [0.3, 0.4) is 0 Å². The number of aromatic nitrogens is 4. The van der Waals surface area contributed by atoms with Crippen molar-refractivity contribution in [2.45, 2.75) is 13.8 Å². The fourth-order valence-electron chi connectivity index (χ4n) is 2.00. The van der Waals surface area contributed by atoms with Crippen LogP contribution >= 0.6 is 0 Å². The minimum atomic E-state index is 0.464. The highest BCUT2D eigenvalue weighted by Crippen LogP contribution is 2.22. The Kier molecular flexibility index (Phi) is 4.29. The summed E-state index contributed by atoms with van der Waals surface area (Å²) in [6.07, 6.45) is 0.754. The molecular formula is C13H17N5O2. The van der Waals surface area contributed by atoms with E-state index in [9.17, 15) is 4.79 Å². The molecule has 0 N–H and O–H groups in total. The van der Waals surface area contributed by atoms with Gasteiger partial charge in [0.1, 0.15) is 5.75 Å². The van der Waals surface area contributed by atoms with Gasteiger partial charge in [0, 0.05) is 13.1 Å². The average Bonchev–Trinajstić information content (AvgIpc) is 2.97. The lowest BCUT2D eigenvalue weighted by atomic mass is 10.2. The lowest BCUT2D eigenvalue weighted by Crippen LogP contribution is -2.25. The van der Waals surface area contributed by atoms with Gasteiger partial charge in [0.05, 0.1) is 18.4 Å². The Morgan fingerprint density at radius 2 is 2.10 bits per heavy atom. The largest absolute Gasteiger partial charge is 0.496 e. The summed E-state index contributed by atoms with van der Waals surface area (Å²) >= 11 is 0. The predicted octanol–water partition coefficient (Wildman–Crippen LogP) is 1.33. The van der Waals surface area contributed by atoms with Gasteiger partial charge in [0.15, 0.2) is 6.29 Å². The van der Waals surface area contributed by atoms with Gasteiger partial charge in [0.2, 0.25) is 5.95 Å². The highest BCUT2D eigenvalue weighted by molar-refractivity contribution is 5.80. The van der Waals surface area contributed by atoms with E-state index in [4.69, 9.17) is 4.74 Å². The Balaban J connectivity index is 2.47. The van der Waals surface area contributed by atoms with Crippen LogP contribution in [-0.4, -0.2) is 46.7 Å². The van der Waals surface area contributed by atoms with Crippen LogP contribution in [0.1, 0.15) is 24.2 Å². The van der Waals surface area contributed by atoms with E-state index in [1.165, 1.54) is 7.11 Å². The van der Waals surface area contributed by atoms with Gasteiger partial charge < -0.3 is 9.64 Å². The molecule has 0 saturated carbocycles. The predicted molar refractivity (Wildman–Crippen MR) is 74.7 cm³/mol. The molecule has 2 rings (SSSR count). The lowest BCUT2D eigenvalue weighted by molar-refractivity contribution is 0.112. The third kappa shape index (κ3) is 2.47. The number of rotatable bonds is 6. The zero-order valence-corrected chi connectivity index (χ0v) is 11.8. The molecule has 20 heavy (non-hydrogen) atoms. The molecule has 0 radical (unpaired) electrons. The van der Waals surface area contributed by atoms with Crippen molar-refractivity contribution in [1.82, 2.24) is 20.2 Å². The maximum absolute atomic E-state index is 11.1. The second kappa shape index (κ2) is 6.14. The summed E-state index contributed by atoms with van der Waals surface area (Å²) in [5, 5.41) is 11.7. The molecule has 0 atom stereocenters. The minimum absolute atomic E-state index is 0.464. The van der Waals surface area contributed by atoms with Gasteiger partial charge in [-0.2, -0.15) is 4.68 Å². The first kappa shape index (κ1) is 14.0. The van der Waals surface area contributed by atoms with Crippen LogP contribution in [0.2, 0.25) is 0 Å². The minimum Gasteiger partial charge on any atom is -0.496 e. The van der Waals surface area contributed by atoms with Gasteiger partial charge in [-0.05, 0) is 42.5 Å². The van der Waals surface area contributed by atoms with Crippen molar-refractivity contribution in [1.29, 1.82) is 0 Å². The fourth-order valence-corrected chi connectivity index (χ4v) is 2.00. The van der Waals surface area contributed by atoms with Crippen LogP contribution < -0.4 is 9.64 Å². The second-order valence-corrected chi connectivity index (χ2v) is 4.11. The summed E-state index contributed by atoms with van der Waals surface area (Å²) in [4.78, 5) is 13.1. The van der Waals surface area contributed by atoms with E-state index in [1.54, 1.807) is 16.8 Å². The van der Waals surface area contributed by atoms with Crippen LogP contribution in [0.25, 0.3) is 5.69 Å². The van der Waals surface area contributed by atoms with E-state index < -0.39 is 0 Å². The molecule has 1 heterocycles. The van der Waals surface area contributed by atoms with Gasteiger partial charge in [-0.25, -0.2) is 0 Å². The van der Waals surface area contributed by atoms with Gasteiger partial charge in [0.25, 0.3) is 0 Å². The number of anilines is 1. The number of hydrogen-bond donors (Lipinski definition) is 0. The Labute approximate surface area is 117 Å². The number of aldehydes is 1. The van der Waals surface area contributed by atoms with E-state index in [-0.39, 0.29) is 0 Å². The molecule has 106 valence electrons. The molecule has 7 nitrogen and oxygen atoms in total. The topological polar surface area (TPSA) is 73.1 Å². The number of benzene rings is 1. The monoisotopic (exact) mass is 275 g/mol.